The van der Waals surface area contributed by atoms with Crippen LogP contribution < -0.4 is 5.32 Å². The molecule has 0 aliphatic carbocycles. The van der Waals surface area contributed by atoms with Gasteiger partial charge in [-0.3, -0.25) is 4.79 Å². The van der Waals surface area contributed by atoms with Gasteiger partial charge >= 0.3 is 6.03 Å². The van der Waals surface area contributed by atoms with Crippen LogP contribution in [0, 0.1) is 0 Å². The van der Waals surface area contributed by atoms with Gasteiger partial charge in [0.15, 0.2) is 0 Å². The first kappa shape index (κ1) is 18.6. The standard InChI is InChI=1S/C20H15Cl2N3O3/c21-13-3-1-11(2-4-13)18(10-26)25-19(27)17(24-20(25)28)7-12-9-23-16-8-14(22)5-6-15(12)16/h1-9,18,23,26H,10H2,(H,24,28). The molecule has 3 amide bonds. The molecule has 1 saturated heterocycles. The topological polar surface area (TPSA) is 85.4 Å². The van der Waals surface area contributed by atoms with Crippen molar-refractivity contribution in [3.05, 3.63) is 75.5 Å². The average molecular weight is 416 g/mol. The molecule has 1 fully saturated rings. The summed E-state index contributed by atoms with van der Waals surface area (Å²) in [6.45, 7) is -0.403. The Morgan fingerprint density at radius 2 is 1.79 bits per heavy atom. The number of benzene rings is 2. The van der Waals surface area contributed by atoms with Crippen molar-refractivity contribution >= 4 is 52.1 Å². The molecule has 0 spiro atoms. The van der Waals surface area contributed by atoms with Crippen LogP contribution in [0.1, 0.15) is 17.2 Å². The van der Waals surface area contributed by atoms with Crippen molar-refractivity contribution in [1.29, 1.82) is 0 Å². The molecule has 0 saturated carbocycles. The van der Waals surface area contributed by atoms with Gasteiger partial charge in [0, 0.05) is 32.7 Å². The number of hydrogen-bond donors (Lipinski definition) is 3. The minimum atomic E-state index is -0.808. The first-order valence-electron chi connectivity index (χ1n) is 8.47. The number of aromatic nitrogens is 1. The van der Waals surface area contributed by atoms with Crippen LogP contribution in [0.5, 0.6) is 0 Å². The Labute approximate surface area is 170 Å². The van der Waals surface area contributed by atoms with Crippen LogP contribution in [-0.2, 0) is 4.79 Å². The van der Waals surface area contributed by atoms with Crippen molar-refractivity contribution in [2.45, 2.75) is 6.04 Å². The molecule has 0 radical (unpaired) electrons. The normalized spacial score (nSPS) is 16.8. The van der Waals surface area contributed by atoms with E-state index < -0.39 is 24.6 Å². The average Bonchev–Trinajstić information content (AvgIpc) is 3.19. The zero-order valence-electron chi connectivity index (χ0n) is 14.4. The first-order valence-corrected chi connectivity index (χ1v) is 9.22. The molecule has 28 heavy (non-hydrogen) atoms. The number of halogens is 2. The summed E-state index contributed by atoms with van der Waals surface area (Å²) in [7, 11) is 0. The number of H-pyrrole nitrogens is 1. The van der Waals surface area contributed by atoms with E-state index in [9.17, 15) is 14.7 Å². The molecule has 4 rings (SSSR count). The Bertz CT molecular complexity index is 1110. The van der Waals surface area contributed by atoms with E-state index in [2.05, 4.69) is 10.3 Å². The number of rotatable bonds is 4. The van der Waals surface area contributed by atoms with Gasteiger partial charge in [0.25, 0.3) is 5.91 Å². The minimum Gasteiger partial charge on any atom is -0.394 e. The fourth-order valence-electron chi connectivity index (χ4n) is 3.25. The van der Waals surface area contributed by atoms with E-state index in [1.807, 2.05) is 6.07 Å². The number of nitrogens with one attached hydrogen (secondary N) is 2. The van der Waals surface area contributed by atoms with Gasteiger partial charge in [0.2, 0.25) is 0 Å². The molecule has 3 aromatic rings. The zero-order valence-corrected chi connectivity index (χ0v) is 16.0. The van der Waals surface area contributed by atoms with Gasteiger partial charge in [0.1, 0.15) is 5.70 Å². The van der Waals surface area contributed by atoms with Gasteiger partial charge in [-0.25, -0.2) is 9.69 Å². The summed E-state index contributed by atoms with van der Waals surface area (Å²) < 4.78 is 0. The van der Waals surface area contributed by atoms with Crippen LogP contribution in [0.3, 0.4) is 0 Å². The van der Waals surface area contributed by atoms with E-state index in [-0.39, 0.29) is 5.70 Å². The third kappa shape index (κ3) is 3.26. The number of aromatic amines is 1. The van der Waals surface area contributed by atoms with Gasteiger partial charge < -0.3 is 15.4 Å². The molecule has 1 unspecified atom stereocenters. The number of urea groups is 1. The van der Waals surface area contributed by atoms with Gasteiger partial charge in [0.05, 0.1) is 12.6 Å². The van der Waals surface area contributed by atoms with Crippen LogP contribution >= 0.6 is 23.2 Å². The first-order chi connectivity index (χ1) is 13.5. The number of fused-ring (bicyclic) bond motifs is 1. The molecular weight excluding hydrogens is 401 g/mol. The fraction of sp³-hybridized carbons (Fsp3) is 0.100. The van der Waals surface area contributed by atoms with Crippen molar-refractivity contribution in [1.82, 2.24) is 15.2 Å². The number of carbonyl (C=O) groups excluding carboxylic acids is 2. The predicted molar refractivity (Wildman–Crippen MR) is 108 cm³/mol. The minimum absolute atomic E-state index is 0.133. The quantitative estimate of drug-likeness (QED) is 0.442. The molecule has 0 bridgehead atoms. The van der Waals surface area contributed by atoms with Crippen molar-refractivity contribution in [3.63, 3.8) is 0 Å². The number of carbonyl (C=O) groups is 2. The number of hydrogen-bond acceptors (Lipinski definition) is 3. The van der Waals surface area contributed by atoms with Gasteiger partial charge in [-0.15, -0.1) is 0 Å². The van der Waals surface area contributed by atoms with Crippen LogP contribution in [0.25, 0.3) is 17.0 Å². The monoisotopic (exact) mass is 415 g/mol. The molecule has 8 heteroatoms. The number of aliphatic hydroxyl groups excluding tert-OH is 1. The molecule has 3 N–H and O–H groups in total. The Balaban J connectivity index is 1.67. The molecule has 142 valence electrons. The summed E-state index contributed by atoms with van der Waals surface area (Å²) >= 11 is 11.9. The number of amides is 3. The highest BCUT2D eigenvalue weighted by molar-refractivity contribution is 6.31. The van der Waals surface area contributed by atoms with Crippen molar-refractivity contribution in [3.8, 4) is 0 Å². The second-order valence-corrected chi connectivity index (χ2v) is 7.22. The Morgan fingerprint density at radius 3 is 2.50 bits per heavy atom. The van der Waals surface area contributed by atoms with E-state index in [1.165, 1.54) is 0 Å². The summed E-state index contributed by atoms with van der Waals surface area (Å²) in [4.78, 5) is 29.4. The van der Waals surface area contributed by atoms with Crippen LogP contribution in [0.15, 0.2) is 54.4 Å². The third-order valence-corrected chi connectivity index (χ3v) is 5.11. The van der Waals surface area contributed by atoms with Crippen molar-refractivity contribution in [2.75, 3.05) is 6.61 Å². The highest BCUT2D eigenvalue weighted by atomic mass is 35.5. The molecule has 1 atom stereocenters. The van der Waals surface area contributed by atoms with E-state index in [1.54, 1.807) is 48.7 Å². The second-order valence-electron chi connectivity index (χ2n) is 6.35. The van der Waals surface area contributed by atoms with Crippen molar-refractivity contribution < 1.29 is 14.7 Å². The summed E-state index contributed by atoms with van der Waals surface area (Å²) in [6, 6.07) is 10.6. The van der Waals surface area contributed by atoms with E-state index in [0.29, 0.717) is 15.6 Å². The largest absolute Gasteiger partial charge is 0.394 e. The zero-order chi connectivity index (χ0) is 19.8. The highest BCUT2D eigenvalue weighted by Crippen LogP contribution is 2.29. The summed E-state index contributed by atoms with van der Waals surface area (Å²) in [5.74, 6) is -0.512. The lowest BCUT2D eigenvalue weighted by Crippen LogP contribution is -2.36. The molecule has 1 aliphatic rings. The summed E-state index contributed by atoms with van der Waals surface area (Å²) in [6.07, 6.45) is 3.34. The van der Waals surface area contributed by atoms with Crippen LogP contribution in [0.4, 0.5) is 4.79 Å². The van der Waals surface area contributed by atoms with Crippen LogP contribution in [0.2, 0.25) is 10.0 Å². The molecular formula is C20H15Cl2N3O3. The summed E-state index contributed by atoms with van der Waals surface area (Å²) in [5, 5.41) is 14.4. The fourth-order valence-corrected chi connectivity index (χ4v) is 3.55. The molecule has 2 aromatic carbocycles. The molecule has 1 aliphatic heterocycles. The summed E-state index contributed by atoms with van der Waals surface area (Å²) in [5.41, 5.74) is 2.30. The molecule has 2 heterocycles. The van der Waals surface area contributed by atoms with Gasteiger partial charge in [-0.05, 0) is 35.9 Å². The Morgan fingerprint density at radius 1 is 1.07 bits per heavy atom. The molecule has 1 aromatic heterocycles. The lowest BCUT2D eigenvalue weighted by Gasteiger charge is -2.23. The lowest BCUT2D eigenvalue weighted by molar-refractivity contribution is -0.125. The number of aliphatic hydroxyl groups is 1. The predicted octanol–water partition coefficient (Wildman–Crippen LogP) is 4.10. The highest BCUT2D eigenvalue weighted by Gasteiger charge is 2.39. The Kier molecular flexibility index (Phi) is 4.85. The number of nitrogens with zero attached hydrogens (tertiary/aromatic N) is 1. The second kappa shape index (κ2) is 7.31. The third-order valence-electron chi connectivity index (χ3n) is 4.62. The number of imide groups is 1. The van der Waals surface area contributed by atoms with E-state index >= 15 is 0 Å². The van der Waals surface area contributed by atoms with E-state index in [0.717, 1.165) is 21.4 Å². The smallest absolute Gasteiger partial charge is 0.329 e. The molecule has 6 nitrogen and oxygen atoms in total. The van der Waals surface area contributed by atoms with Crippen molar-refractivity contribution in [2.24, 2.45) is 0 Å². The Hall–Kier alpha value is -2.80. The van der Waals surface area contributed by atoms with Gasteiger partial charge in [-0.1, -0.05) is 41.4 Å². The van der Waals surface area contributed by atoms with Gasteiger partial charge in [-0.2, -0.15) is 0 Å². The van der Waals surface area contributed by atoms with Crippen LogP contribution in [-0.4, -0.2) is 33.5 Å². The maximum absolute atomic E-state index is 12.9. The maximum atomic E-state index is 12.9. The lowest BCUT2D eigenvalue weighted by atomic mass is 10.1. The van der Waals surface area contributed by atoms with E-state index in [4.69, 9.17) is 23.2 Å². The maximum Gasteiger partial charge on any atom is 0.329 e. The SMILES string of the molecule is O=C1NC(=Cc2c[nH]c3cc(Cl)ccc23)C(=O)N1C(CO)c1ccc(Cl)cc1.